The molecule has 0 spiro atoms. The van der Waals surface area contributed by atoms with Gasteiger partial charge in [0, 0.05) is 25.7 Å². The number of amides is 1. The molecule has 0 aliphatic carbocycles. The lowest BCUT2D eigenvalue weighted by Gasteiger charge is -2.35. The minimum atomic E-state index is -0.277. The third-order valence-electron chi connectivity index (χ3n) is 4.99. The first kappa shape index (κ1) is 15.5. The maximum Gasteiger partial charge on any atom is 0.227 e. The Labute approximate surface area is 132 Å². The molecule has 0 radical (unpaired) electrons. The molecule has 2 bridgehead atoms. The molecular formula is C18H25FN2O. The van der Waals surface area contributed by atoms with Crippen molar-refractivity contribution in [3.05, 3.63) is 35.6 Å². The van der Waals surface area contributed by atoms with Crippen LogP contribution < -0.4 is 0 Å². The van der Waals surface area contributed by atoms with Crippen LogP contribution >= 0.6 is 0 Å². The van der Waals surface area contributed by atoms with E-state index in [1.165, 1.54) is 18.9 Å². The first-order valence-corrected chi connectivity index (χ1v) is 8.42. The molecule has 1 aromatic rings. The Morgan fingerprint density at radius 2 is 2.05 bits per heavy atom. The molecule has 1 amide bonds. The third-order valence-corrected chi connectivity index (χ3v) is 4.99. The van der Waals surface area contributed by atoms with Crippen LogP contribution in [-0.4, -0.2) is 47.9 Å². The summed E-state index contributed by atoms with van der Waals surface area (Å²) in [5, 5.41) is 0. The number of rotatable bonds is 4. The van der Waals surface area contributed by atoms with Crippen LogP contribution in [0, 0.1) is 11.7 Å². The van der Waals surface area contributed by atoms with Crippen LogP contribution in [0.2, 0.25) is 0 Å². The van der Waals surface area contributed by atoms with Gasteiger partial charge >= 0.3 is 0 Å². The molecular weight excluding hydrogens is 279 g/mol. The number of halogens is 1. The first-order chi connectivity index (χ1) is 10.7. The van der Waals surface area contributed by atoms with Crippen molar-refractivity contribution in [2.75, 3.05) is 26.2 Å². The number of carbonyl (C=O) groups excluding carboxylic acids is 1. The van der Waals surface area contributed by atoms with E-state index < -0.39 is 0 Å². The standard InChI is InChI=1S/C18H25FN2O/c1-2-9-20-11-14-7-8-16(20)13-21(12-14)18(22)10-15-5-3-4-6-17(15)19/h3-6,14,16H,2,7-13H2,1H3/t14-,16-/m0/s1. The zero-order chi connectivity index (χ0) is 15.5. The molecule has 3 aliphatic heterocycles. The highest BCUT2D eigenvalue weighted by molar-refractivity contribution is 5.79. The Hall–Kier alpha value is -1.42. The topological polar surface area (TPSA) is 23.6 Å². The van der Waals surface area contributed by atoms with Gasteiger partial charge in [-0.05, 0) is 43.4 Å². The molecule has 3 saturated heterocycles. The number of fused-ring (bicyclic) bond motifs is 4. The van der Waals surface area contributed by atoms with Gasteiger partial charge in [-0.3, -0.25) is 9.69 Å². The molecule has 1 aromatic carbocycles. The quantitative estimate of drug-likeness (QED) is 0.854. The molecule has 0 aromatic heterocycles. The number of carbonyl (C=O) groups is 1. The molecule has 3 nitrogen and oxygen atoms in total. The van der Waals surface area contributed by atoms with Crippen molar-refractivity contribution in [3.63, 3.8) is 0 Å². The number of nitrogens with zero attached hydrogens (tertiary/aromatic N) is 2. The van der Waals surface area contributed by atoms with E-state index in [0.717, 1.165) is 32.6 Å². The Morgan fingerprint density at radius 1 is 1.23 bits per heavy atom. The smallest absolute Gasteiger partial charge is 0.227 e. The highest BCUT2D eigenvalue weighted by Crippen LogP contribution is 2.28. The van der Waals surface area contributed by atoms with Gasteiger partial charge in [-0.2, -0.15) is 0 Å². The summed E-state index contributed by atoms with van der Waals surface area (Å²) in [5.41, 5.74) is 0.509. The van der Waals surface area contributed by atoms with Gasteiger partial charge in [-0.15, -0.1) is 0 Å². The zero-order valence-electron chi connectivity index (χ0n) is 13.3. The van der Waals surface area contributed by atoms with Crippen molar-refractivity contribution in [1.82, 2.24) is 9.80 Å². The summed E-state index contributed by atoms with van der Waals surface area (Å²) in [6.45, 7) is 6.09. The highest BCUT2D eigenvalue weighted by atomic mass is 19.1. The Kier molecular flexibility index (Phi) is 4.77. The maximum atomic E-state index is 13.7. The maximum absolute atomic E-state index is 13.7. The largest absolute Gasteiger partial charge is 0.341 e. The summed E-state index contributed by atoms with van der Waals surface area (Å²) in [6, 6.07) is 7.09. The van der Waals surface area contributed by atoms with Gasteiger partial charge in [-0.25, -0.2) is 4.39 Å². The van der Waals surface area contributed by atoms with Crippen LogP contribution in [0.25, 0.3) is 0 Å². The number of benzene rings is 1. The summed E-state index contributed by atoms with van der Waals surface area (Å²) in [4.78, 5) is 17.1. The molecule has 3 aliphatic rings. The Bertz CT molecular complexity index is 534. The second-order valence-corrected chi connectivity index (χ2v) is 6.66. The lowest BCUT2D eigenvalue weighted by atomic mass is 9.95. The molecule has 3 heterocycles. The van der Waals surface area contributed by atoms with E-state index >= 15 is 0 Å². The normalized spacial score (nSPS) is 25.3. The molecule has 0 saturated carbocycles. The minimum absolute atomic E-state index is 0.0698. The third kappa shape index (κ3) is 3.32. The van der Waals surface area contributed by atoms with E-state index in [-0.39, 0.29) is 18.1 Å². The van der Waals surface area contributed by atoms with Gasteiger partial charge in [0.2, 0.25) is 5.91 Å². The van der Waals surface area contributed by atoms with Crippen LogP contribution in [0.1, 0.15) is 31.7 Å². The molecule has 0 N–H and O–H groups in total. The van der Waals surface area contributed by atoms with Gasteiger partial charge < -0.3 is 4.90 Å². The fraction of sp³-hybridized carbons (Fsp3) is 0.611. The summed E-state index contributed by atoms with van der Waals surface area (Å²) in [5.74, 6) is 0.372. The average molecular weight is 304 g/mol. The van der Waals surface area contributed by atoms with E-state index in [2.05, 4.69) is 11.8 Å². The van der Waals surface area contributed by atoms with Gasteiger partial charge in [-0.1, -0.05) is 25.1 Å². The Morgan fingerprint density at radius 3 is 2.82 bits per heavy atom. The van der Waals surface area contributed by atoms with E-state index in [9.17, 15) is 9.18 Å². The van der Waals surface area contributed by atoms with Gasteiger partial charge in [0.1, 0.15) is 5.82 Å². The van der Waals surface area contributed by atoms with Gasteiger partial charge in [0.15, 0.2) is 0 Å². The van der Waals surface area contributed by atoms with Crippen LogP contribution in [0.4, 0.5) is 4.39 Å². The van der Waals surface area contributed by atoms with Crippen LogP contribution in [0.3, 0.4) is 0 Å². The lowest BCUT2D eigenvalue weighted by molar-refractivity contribution is -0.130. The second kappa shape index (κ2) is 6.78. The van der Waals surface area contributed by atoms with E-state index in [1.807, 2.05) is 4.90 Å². The molecule has 3 fully saturated rings. The first-order valence-electron chi connectivity index (χ1n) is 8.42. The zero-order valence-corrected chi connectivity index (χ0v) is 13.3. The number of piperidine rings is 1. The lowest BCUT2D eigenvalue weighted by Crippen LogP contribution is -2.44. The molecule has 120 valence electrons. The van der Waals surface area contributed by atoms with Gasteiger partial charge in [0.25, 0.3) is 0 Å². The van der Waals surface area contributed by atoms with E-state index in [0.29, 0.717) is 17.5 Å². The summed E-state index contributed by atoms with van der Waals surface area (Å²) in [6.07, 6.45) is 3.74. The van der Waals surface area contributed by atoms with E-state index in [1.54, 1.807) is 18.2 Å². The monoisotopic (exact) mass is 304 g/mol. The number of hydrogen-bond donors (Lipinski definition) is 0. The molecule has 22 heavy (non-hydrogen) atoms. The van der Waals surface area contributed by atoms with Crippen molar-refractivity contribution in [3.8, 4) is 0 Å². The number of hydrogen-bond acceptors (Lipinski definition) is 2. The SMILES string of the molecule is CCCN1C[C@@H]2CC[C@H]1CN(C(=O)Cc1ccccc1F)C2. The molecule has 0 unspecified atom stereocenters. The Balaban J connectivity index is 1.68. The molecule has 4 heteroatoms. The second-order valence-electron chi connectivity index (χ2n) is 6.66. The van der Waals surface area contributed by atoms with Crippen molar-refractivity contribution >= 4 is 5.91 Å². The molecule has 4 rings (SSSR count). The predicted octanol–water partition coefficient (Wildman–Crippen LogP) is 2.70. The predicted molar refractivity (Wildman–Crippen MR) is 85.1 cm³/mol. The van der Waals surface area contributed by atoms with E-state index in [4.69, 9.17) is 0 Å². The van der Waals surface area contributed by atoms with Gasteiger partial charge in [0.05, 0.1) is 6.42 Å². The average Bonchev–Trinajstić information content (AvgIpc) is 2.82. The van der Waals surface area contributed by atoms with Crippen molar-refractivity contribution in [2.45, 2.75) is 38.6 Å². The van der Waals surface area contributed by atoms with Crippen LogP contribution in [0.15, 0.2) is 24.3 Å². The van der Waals surface area contributed by atoms with Crippen molar-refractivity contribution < 1.29 is 9.18 Å². The fourth-order valence-corrected chi connectivity index (χ4v) is 3.86. The highest BCUT2D eigenvalue weighted by Gasteiger charge is 2.35. The fourth-order valence-electron chi connectivity index (χ4n) is 3.86. The summed E-state index contributed by atoms with van der Waals surface area (Å²) >= 11 is 0. The van der Waals surface area contributed by atoms with Crippen LogP contribution in [-0.2, 0) is 11.2 Å². The summed E-state index contributed by atoms with van der Waals surface area (Å²) < 4.78 is 13.7. The van der Waals surface area contributed by atoms with Crippen molar-refractivity contribution in [2.24, 2.45) is 5.92 Å². The summed E-state index contributed by atoms with van der Waals surface area (Å²) in [7, 11) is 0. The van der Waals surface area contributed by atoms with Crippen LogP contribution in [0.5, 0.6) is 0 Å². The molecule has 2 atom stereocenters. The van der Waals surface area contributed by atoms with Crippen molar-refractivity contribution in [1.29, 1.82) is 0 Å². The minimum Gasteiger partial charge on any atom is -0.341 e.